The number of rotatable bonds is 9. The fourth-order valence-corrected chi connectivity index (χ4v) is 5.33. The summed E-state index contributed by atoms with van der Waals surface area (Å²) in [7, 11) is -0.630. The second-order valence-corrected chi connectivity index (χ2v) is 11.0. The summed E-state index contributed by atoms with van der Waals surface area (Å²) < 4.78 is 28.0. The molecule has 9 heteroatoms. The van der Waals surface area contributed by atoms with Crippen LogP contribution in [0.2, 0.25) is 0 Å². The van der Waals surface area contributed by atoms with E-state index in [1.165, 1.54) is 43.6 Å². The van der Waals surface area contributed by atoms with Gasteiger partial charge in [0.15, 0.2) is 5.16 Å². The average molecular weight is 495 g/mol. The number of aryl methyl sites for hydroxylation is 2. The Morgan fingerprint density at radius 3 is 2.50 bits per heavy atom. The summed E-state index contributed by atoms with van der Waals surface area (Å²) in [5, 5.41) is 3.57. The first-order valence-electron chi connectivity index (χ1n) is 10.8. The Balaban J connectivity index is 1.47. The molecule has 0 spiro atoms. The van der Waals surface area contributed by atoms with Gasteiger partial charge in [-0.15, -0.1) is 0 Å². The van der Waals surface area contributed by atoms with Gasteiger partial charge in [-0.2, -0.15) is 0 Å². The van der Waals surface area contributed by atoms with Crippen molar-refractivity contribution in [1.29, 1.82) is 0 Å². The molecule has 1 amide bonds. The van der Waals surface area contributed by atoms with Crippen molar-refractivity contribution in [2.45, 2.75) is 23.0 Å². The number of hydrogen-bond donors (Lipinski definition) is 1. The van der Waals surface area contributed by atoms with E-state index in [0.29, 0.717) is 5.69 Å². The summed E-state index contributed by atoms with van der Waals surface area (Å²) in [5.74, 6) is -0.0784. The van der Waals surface area contributed by atoms with E-state index >= 15 is 0 Å². The van der Waals surface area contributed by atoms with Gasteiger partial charge in [0.25, 0.3) is 0 Å². The third-order valence-corrected chi connectivity index (χ3v) is 8.10. The van der Waals surface area contributed by atoms with E-state index in [1.807, 2.05) is 42.5 Å². The van der Waals surface area contributed by atoms with Crippen LogP contribution in [0.5, 0.6) is 0 Å². The van der Waals surface area contributed by atoms with E-state index in [2.05, 4.69) is 22.0 Å². The number of sulfonamides is 1. The highest BCUT2D eigenvalue weighted by molar-refractivity contribution is 7.99. The Hall–Kier alpha value is -3.14. The lowest BCUT2D eigenvalue weighted by molar-refractivity contribution is -0.113. The predicted molar refractivity (Wildman–Crippen MR) is 137 cm³/mol. The molecule has 0 aliphatic heterocycles. The quantitative estimate of drug-likeness (QED) is 0.352. The Morgan fingerprint density at radius 2 is 1.74 bits per heavy atom. The van der Waals surface area contributed by atoms with Crippen LogP contribution in [-0.4, -0.2) is 48.0 Å². The van der Waals surface area contributed by atoms with Crippen LogP contribution in [0.1, 0.15) is 5.56 Å². The lowest BCUT2D eigenvalue weighted by Crippen LogP contribution is -2.22. The fraction of sp³-hybridized carbons (Fsp3) is 0.200. The Morgan fingerprint density at radius 1 is 1.00 bits per heavy atom. The zero-order valence-electron chi connectivity index (χ0n) is 19.0. The minimum absolute atomic E-state index is 0.130. The summed E-state index contributed by atoms with van der Waals surface area (Å²) >= 11 is 1.36. The van der Waals surface area contributed by atoms with E-state index in [1.54, 1.807) is 12.1 Å². The predicted octanol–water partition coefficient (Wildman–Crippen LogP) is 4.26. The van der Waals surface area contributed by atoms with Crippen LogP contribution < -0.4 is 5.32 Å². The van der Waals surface area contributed by atoms with E-state index in [-0.39, 0.29) is 16.6 Å². The number of nitrogens with zero attached hydrogens (tertiary/aromatic N) is 3. The van der Waals surface area contributed by atoms with Gasteiger partial charge in [0.1, 0.15) is 0 Å². The number of benzene rings is 3. The molecule has 4 rings (SSSR count). The number of carbonyl (C=O) groups is 1. The molecule has 0 unspecified atom stereocenters. The number of carbonyl (C=O) groups excluding carboxylic acids is 1. The first-order chi connectivity index (χ1) is 16.3. The van der Waals surface area contributed by atoms with Gasteiger partial charge in [-0.25, -0.2) is 17.7 Å². The van der Waals surface area contributed by atoms with Crippen molar-refractivity contribution in [3.05, 3.63) is 84.4 Å². The fourth-order valence-electron chi connectivity index (χ4n) is 3.54. The maximum absolute atomic E-state index is 12.7. The maximum Gasteiger partial charge on any atom is 0.242 e. The van der Waals surface area contributed by atoms with Gasteiger partial charge in [0.2, 0.25) is 15.9 Å². The van der Waals surface area contributed by atoms with Gasteiger partial charge in [0.05, 0.1) is 21.7 Å². The molecule has 1 N–H and O–H groups in total. The zero-order valence-corrected chi connectivity index (χ0v) is 20.6. The largest absolute Gasteiger partial charge is 0.325 e. The van der Waals surface area contributed by atoms with Gasteiger partial charge >= 0.3 is 0 Å². The van der Waals surface area contributed by atoms with Crippen LogP contribution >= 0.6 is 11.8 Å². The molecule has 0 bridgehead atoms. The monoisotopic (exact) mass is 494 g/mol. The second-order valence-electron chi connectivity index (χ2n) is 7.92. The molecule has 1 heterocycles. The number of fused-ring (bicyclic) bond motifs is 1. The van der Waals surface area contributed by atoms with E-state index < -0.39 is 10.0 Å². The molecule has 3 aromatic carbocycles. The third kappa shape index (κ3) is 5.49. The van der Waals surface area contributed by atoms with Gasteiger partial charge in [0, 0.05) is 26.3 Å². The molecule has 0 fully saturated rings. The molecule has 0 saturated heterocycles. The first kappa shape index (κ1) is 24.0. The SMILES string of the molecule is CN(C)S(=O)(=O)c1cccc(NC(=O)CSc2nc3ccccc3n2CCc2ccccc2)c1. The minimum Gasteiger partial charge on any atom is -0.325 e. The van der Waals surface area contributed by atoms with E-state index in [9.17, 15) is 13.2 Å². The molecule has 1 aromatic heterocycles. The van der Waals surface area contributed by atoms with Crippen LogP contribution in [0.15, 0.2) is 88.9 Å². The number of hydrogen-bond acceptors (Lipinski definition) is 5. The molecule has 0 atom stereocenters. The lowest BCUT2D eigenvalue weighted by atomic mass is 10.1. The topological polar surface area (TPSA) is 84.3 Å². The summed E-state index contributed by atoms with van der Waals surface area (Å²) in [4.78, 5) is 17.5. The van der Waals surface area contributed by atoms with Crippen LogP contribution in [0.3, 0.4) is 0 Å². The van der Waals surface area contributed by atoms with E-state index in [4.69, 9.17) is 4.98 Å². The third-order valence-electron chi connectivity index (χ3n) is 5.32. The van der Waals surface area contributed by atoms with Crippen LogP contribution in [0.4, 0.5) is 5.69 Å². The van der Waals surface area contributed by atoms with Crippen molar-refractivity contribution in [2.24, 2.45) is 0 Å². The van der Waals surface area contributed by atoms with Crippen LogP contribution in [0, 0.1) is 0 Å². The van der Waals surface area contributed by atoms with Gasteiger partial charge in [-0.05, 0) is 42.3 Å². The lowest BCUT2D eigenvalue weighted by Gasteiger charge is -2.13. The average Bonchev–Trinajstić information content (AvgIpc) is 3.19. The van der Waals surface area contributed by atoms with Gasteiger partial charge < -0.3 is 9.88 Å². The van der Waals surface area contributed by atoms with Crippen molar-refractivity contribution < 1.29 is 13.2 Å². The number of imidazole rings is 1. The highest BCUT2D eigenvalue weighted by Crippen LogP contribution is 2.25. The van der Waals surface area contributed by atoms with Crippen LogP contribution in [0.25, 0.3) is 11.0 Å². The molecule has 0 aliphatic carbocycles. The van der Waals surface area contributed by atoms with Crippen molar-refractivity contribution in [3.8, 4) is 0 Å². The van der Waals surface area contributed by atoms with Gasteiger partial charge in [-0.1, -0.05) is 60.3 Å². The number of aromatic nitrogens is 2. The summed E-state index contributed by atoms with van der Waals surface area (Å²) in [6.07, 6.45) is 0.855. The molecule has 176 valence electrons. The number of nitrogens with one attached hydrogen (secondary N) is 1. The van der Waals surface area contributed by atoms with Crippen molar-refractivity contribution in [1.82, 2.24) is 13.9 Å². The van der Waals surface area contributed by atoms with Crippen LogP contribution in [-0.2, 0) is 27.8 Å². The normalized spacial score (nSPS) is 11.7. The Bertz CT molecular complexity index is 1400. The molecule has 0 saturated carbocycles. The number of amides is 1. The summed E-state index contributed by atoms with van der Waals surface area (Å²) in [6, 6.07) is 24.5. The molecular weight excluding hydrogens is 468 g/mol. The van der Waals surface area contributed by atoms with E-state index in [0.717, 1.165) is 33.5 Å². The molecule has 0 radical (unpaired) electrons. The maximum atomic E-state index is 12.7. The smallest absolute Gasteiger partial charge is 0.242 e. The Labute approximate surface area is 203 Å². The minimum atomic E-state index is -3.58. The molecule has 7 nitrogen and oxygen atoms in total. The summed E-state index contributed by atoms with van der Waals surface area (Å²) in [6.45, 7) is 0.749. The zero-order chi connectivity index (χ0) is 24.1. The first-order valence-corrected chi connectivity index (χ1v) is 13.2. The highest BCUT2D eigenvalue weighted by Gasteiger charge is 2.18. The van der Waals surface area contributed by atoms with Gasteiger partial charge in [-0.3, -0.25) is 4.79 Å². The Kier molecular flexibility index (Phi) is 7.35. The van der Waals surface area contributed by atoms with Crippen molar-refractivity contribution >= 4 is 44.4 Å². The molecular formula is C25H26N4O3S2. The molecule has 4 aromatic rings. The van der Waals surface area contributed by atoms with Crippen molar-refractivity contribution in [3.63, 3.8) is 0 Å². The highest BCUT2D eigenvalue weighted by atomic mass is 32.2. The second kappa shape index (κ2) is 10.4. The standard InChI is InChI=1S/C25H26N4O3S2/c1-28(2)34(31,32)21-12-8-11-20(17-21)26-24(30)18-33-25-27-22-13-6-7-14-23(22)29(25)16-15-19-9-4-3-5-10-19/h3-14,17H,15-16,18H2,1-2H3,(H,26,30). The number of anilines is 1. The number of thioether (sulfide) groups is 1. The van der Waals surface area contributed by atoms with Crippen molar-refractivity contribution in [2.75, 3.05) is 25.2 Å². The summed E-state index contributed by atoms with van der Waals surface area (Å²) in [5.41, 5.74) is 3.59. The molecule has 0 aliphatic rings. The molecule has 34 heavy (non-hydrogen) atoms. The number of para-hydroxylation sites is 2.